The number of halogens is 1. The van der Waals surface area contributed by atoms with Gasteiger partial charge in [0.2, 0.25) is 0 Å². The Morgan fingerprint density at radius 3 is 2.68 bits per heavy atom. The summed E-state index contributed by atoms with van der Waals surface area (Å²) < 4.78 is 8.34. The molecule has 0 aliphatic rings. The van der Waals surface area contributed by atoms with Crippen LogP contribution in [-0.2, 0) is 7.05 Å². The molecule has 0 aliphatic heterocycles. The predicted molar refractivity (Wildman–Crippen MR) is 92.1 cm³/mol. The van der Waals surface area contributed by atoms with E-state index in [1.165, 1.54) is 0 Å². The number of rotatable bonds is 1. The summed E-state index contributed by atoms with van der Waals surface area (Å²) in [6.07, 6.45) is 2.06. The summed E-state index contributed by atoms with van der Waals surface area (Å²) in [5.74, 6) is 0. The Kier molecular flexibility index (Phi) is 2.94. The van der Waals surface area contributed by atoms with Gasteiger partial charge in [0.05, 0.1) is 0 Å². The largest absolute Gasteiger partial charge is 0.423 e. The van der Waals surface area contributed by atoms with E-state index in [-0.39, 0.29) is 5.63 Å². The first-order valence-electron chi connectivity index (χ1n) is 6.91. The molecule has 2 aromatic carbocycles. The Hall–Kier alpha value is -2.33. The van der Waals surface area contributed by atoms with Crippen LogP contribution < -0.4 is 5.63 Å². The minimum absolute atomic E-state index is 0.335. The Balaban J connectivity index is 2.16. The van der Waals surface area contributed by atoms with Gasteiger partial charge in [-0.05, 0) is 24.3 Å². The SMILES string of the molecule is Cn1cc(-c2cc(=O)oc3ccc(Br)cc23)c2ccccc21. The van der Waals surface area contributed by atoms with E-state index < -0.39 is 0 Å². The zero-order valence-corrected chi connectivity index (χ0v) is 13.4. The van der Waals surface area contributed by atoms with Gasteiger partial charge in [0.1, 0.15) is 5.58 Å². The van der Waals surface area contributed by atoms with Gasteiger partial charge < -0.3 is 8.98 Å². The van der Waals surface area contributed by atoms with Crippen LogP contribution in [0.2, 0.25) is 0 Å². The number of hydrogen-bond acceptors (Lipinski definition) is 2. The van der Waals surface area contributed by atoms with Gasteiger partial charge in [0.15, 0.2) is 0 Å². The third-order valence-corrected chi connectivity index (χ3v) is 4.38. The third-order valence-electron chi connectivity index (χ3n) is 3.89. The molecule has 0 saturated heterocycles. The summed E-state index contributed by atoms with van der Waals surface area (Å²) in [7, 11) is 2.01. The van der Waals surface area contributed by atoms with Gasteiger partial charge >= 0.3 is 5.63 Å². The molecular formula is C18H12BrNO2. The van der Waals surface area contributed by atoms with Crippen LogP contribution in [-0.4, -0.2) is 4.57 Å². The summed E-state index contributed by atoms with van der Waals surface area (Å²) in [4.78, 5) is 11.9. The molecular weight excluding hydrogens is 342 g/mol. The van der Waals surface area contributed by atoms with E-state index >= 15 is 0 Å². The second-order valence-electron chi connectivity index (χ2n) is 5.29. The Labute approximate surface area is 134 Å². The fourth-order valence-electron chi connectivity index (χ4n) is 2.91. The molecule has 0 spiro atoms. The van der Waals surface area contributed by atoms with E-state index in [0.29, 0.717) is 5.58 Å². The molecule has 108 valence electrons. The number of hydrogen-bond donors (Lipinski definition) is 0. The molecule has 4 heteroatoms. The van der Waals surface area contributed by atoms with Crippen molar-refractivity contribution in [2.24, 2.45) is 7.05 Å². The fraction of sp³-hybridized carbons (Fsp3) is 0.0556. The topological polar surface area (TPSA) is 35.1 Å². The van der Waals surface area contributed by atoms with Crippen LogP contribution in [0.25, 0.3) is 33.0 Å². The average molecular weight is 354 g/mol. The molecule has 3 nitrogen and oxygen atoms in total. The summed E-state index contributed by atoms with van der Waals surface area (Å²) in [6, 6.07) is 15.4. The van der Waals surface area contributed by atoms with Crippen LogP contribution >= 0.6 is 15.9 Å². The molecule has 22 heavy (non-hydrogen) atoms. The van der Waals surface area contributed by atoms with Crippen molar-refractivity contribution in [3.8, 4) is 11.1 Å². The van der Waals surface area contributed by atoms with Crippen molar-refractivity contribution < 1.29 is 4.42 Å². The first-order valence-corrected chi connectivity index (χ1v) is 7.70. The molecule has 0 bridgehead atoms. The minimum atomic E-state index is -0.335. The molecule has 4 rings (SSSR count). The molecule has 0 atom stereocenters. The van der Waals surface area contributed by atoms with Crippen molar-refractivity contribution in [3.05, 3.63) is 69.6 Å². The highest BCUT2D eigenvalue weighted by atomic mass is 79.9. The monoisotopic (exact) mass is 353 g/mol. The molecule has 2 heterocycles. The fourth-order valence-corrected chi connectivity index (χ4v) is 3.28. The van der Waals surface area contributed by atoms with Gasteiger partial charge in [-0.3, -0.25) is 0 Å². The van der Waals surface area contributed by atoms with Gasteiger partial charge in [-0.25, -0.2) is 4.79 Å². The lowest BCUT2D eigenvalue weighted by molar-refractivity contribution is 0.561. The zero-order valence-electron chi connectivity index (χ0n) is 11.8. The molecule has 0 saturated carbocycles. The lowest BCUT2D eigenvalue weighted by Gasteiger charge is -2.05. The Morgan fingerprint density at radius 1 is 1.00 bits per heavy atom. The number of benzene rings is 2. The molecule has 0 radical (unpaired) electrons. The van der Waals surface area contributed by atoms with Gasteiger partial charge in [-0.15, -0.1) is 0 Å². The molecule has 2 aromatic heterocycles. The quantitative estimate of drug-likeness (QED) is 0.464. The maximum atomic E-state index is 11.9. The van der Waals surface area contributed by atoms with Crippen LogP contribution in [0.1, 0.15) is 0 Å². The molecule has 0 fully saturated rings. The lowest BCUT2D eigenvalue weighted by atomic mass is 10.0. The molecule has 0 aliphatic carbocycles. The summed E-state index contributed by atoms with van der Waals surface area (Å²) in [5, 5.41) is 2.04. The zero-order chi connectivity index (χ0) is 15.3. The van der Waals surface area contributed by atoms with Crippen molar-refractivity contribution in [3.63, 3.8) is 0 Å². The first-order chi connectivity index (χ1) is 10.6. The smallest absolute Gasteiger partial charge is 0.336 e. The van der Waals surface area contributed by atoms with Crippen LogP contribution in [0, 0.1) is 0 Å². The Bertz CT molecular complexity index is 1080. The van der Waals surface area contributed by atoms with Crippen LogP contribution in [0.4, 0.5) is 0 Å². The van der Waals surface area contributed by atoms with Gasteiger partial charge in [0.25, 0.3) is 0 Å². The summed E-state index contributed by atoms with van der Waals surface area (Å²) in [6.45, 7) is 0. The van der Waals surface area contributed by atoms with Gasteiger partial charge in [0, 0.05) is 51.2 Å². The second-order valence-corrected chi connectivity index (χ2v) is 6.21. The van der Waals surface area contributed by atoms with Gasteiger partial charge in [-0.1, -0.05) is 34.1 Å². The van der Waals surface area contributed by atoms with E-state index in [9.17, 15) is 4.79 Å². The minimum Gasteiger partial charge on any atom is -0.423 e. The standard InChI is InChI=1S/C18H12BrNO2/c1-20-10-15(12-4-2-3-5-16(12)20)13-9-18(21)22-17-7-6-11(19)8-14(13)17/h2-10H,1H3. The van der Waals surface area contributed by atoms with E-state index in [2.05, 4.69) is 38.8 Å². The lowest BCUT2D eigenvalue weighted by Crippen LogP contribution is -1.97. The first kappa shape index (κ1) is 13.3. The van der Waals surface area contributed by atoms with E-state index in [1.54, 1.807) is 6.07 Å². The van der Waals surface area contributed by atoms with Crippen molar-refractivity contribution in [1.82, 2.24) is 4.57 Å². The normalized spacial score (nSPS) is 11.4. The number of aryl methyl sites for hydroxylation is 1. The highest BCUT2D eigenvalue weighted by Crippen LogP contribution is 2.34. The maximum absolute atomic E-state index is 11.9. The molecule has 0 unspecified atom stereocenters. The van der Waals surface area contributed by atoms with Crippen molar-refractivity contribution >= 4 is 37.8 Å². The van der Waals surface area contributed by atoms with E-state index in [1.807, 2.05) is 37.4 Å². The third kappa shape index (κ3) is 1.99. The van der Waals surface area contributed by atoms with Crippen molar-refractivity contribution in [2.45, 2.75) is 0 Å². The average Bonchev–Trinajstić information content (AvgIpc) is 2.85. The Morgan fingerprint density at radius 2 is 1.82 bits per heavy atom. The second kappa shape index (κ2) is 4.85. The highest BCUT2D eigenvalue weighted by Gasteiger charge is 2.13. The number of aromatic nitrogens is 1. The van der Waals surface area contributed by atoms with Crippen molar-refractivity contribution in [2.75, 3.05) is 0 Å². The highest BCUT2D eigenvalue weighted by molar-refractivity contribution is 9.10. The van der Waals surface area contributed by atoms with Crippen LogP contribution in [0.3, 0.4) is 0 Å². The summed E-state index contributed by atoms with van der Waals surface area (Å²) in [5.41, 5.74) is 3.32. The number of fused-ring (bicyclic) bond motifs is 2. The number of para-hydroxylation sites is 1. The molecule has 4 aromatic rings. The summed E-state index contributed by atoms with van der Waals surface area (Å²) >= 11 is 3.49. The van der Waals surface area contributed by atoms with Crippen molar-refractivity contribution in [1.29, 1.82) is 0 Å². The van der Waals surface area contributed by atoms with Crippen LogP contribution in [0.15, 0.2) is 68.4 Å². The maximum Gasteiger partial charge on any atom is 0.336 e. The molecule has 0 amide bonds. The van der Waals surface area contributed by atoms with E-state index in [0.717, 1.165) is 31.9 Å². The van der Waals surface area contributed by atoms with Crippen LogP contribution in [0.5, 0.6) is 0 Å². The number of nitrogens with zero attached hydrogens (tertiary/aromatic N) is 1. The molecule has 0 N–H and O–H groups in total. The van der Waals surface area contributed by atoms with Gasteiger partial charge in [-0.2, -0.15) is 0 Å². The van der Waals surface area contributed by atoms with E-state index in [4.69, 9.17) is 4.42 Å². The predicted octanol–water partition coefficient (Wildman–Crippen LogP) is 4.71.